The average Bonchev–Trinajstić information content (AvgIpc) is 2.53. The normalized spacial score (nSPS) is 15.4. The third-order valence-corrected chi connectivity index (χ3v) is 3.76. The predicted octanol–water partition coefficient (Wildman–Crippen LogP) is 1.97. The number of likely N-dealkylation sites (N-methyl/N-ethyl adjacent to an activating group) is 1. The maximum atomic E-state index is 11.4. The van der Waals surface area contributed by atoms with E-state index in [2.05, 4.69) is 38.0 Å². The van der Waals surface area contributed by atoms with E-state index in [-0.39, 0.29) is 31.0 Å². The first kappa shape index (κ1) is 26.1. The Hall–Kier alpha value is -1.14. The summed E-state index contributed by atoms with van der Waals surface area (Å²) >= 11 is 0. The van der Waals surface area contributed by atoms with Crippen molar-refractivity contribution in [3.05, 3.63) is 0 Å². The molecule has 1 rings (SSSR count). The number of aliphatic hydroxyl groups excluding tert-OH is 1. The van der Waals surface area contributed by atoms with Crippen LogP contribution in [-0.2, 0) is 9.59 Å². The summed E-state index contributed by atoms with van der Waals surface area (Å²) in [5.41, 5.74) is 0. The van der Waals surface area contributed by atoms with Crippen molar-refractivity contribution in [3.8, 4) is 0 Å². The minimum atomic E-state index is -0.204. The Morgan fingerprint density at radius 2 is 1.64 bits per heavy atom. The minimum Gasteiger partial charge on any atom is -0.394 e. The number of amides is 2. The highest BCUT2D eigenvalue weighted by Gasteiger charge is 2.21. The summed E-state index contributed by atoms with van der Waals surface area (Å²) in [4.78, 5) is 25.2. The standard InChI is InChI=1S/C9H18N2O3.C6H13N.C4H10/c1-7(2)8(5-12)11(3)9(14)4-10-6-13;1-7-5-3-2-4-6-7;1-4(2)3/h6-8,12H,4-5H2,1-3H3,(H,10,13);2-6H2,1H3;4H,1-3H3/t8-;;/m1../s1. The number of nitrogens with one attached hydrogen (secondary N) is 1. The number of piperidine rings is 1. The second kappa shape index (κ2) is 16.3. The fraction of sp³-hybridized carbons (Fsp3) is 0.895. The fourth-order valence-corrected chi connectivity index (χ4v) is 2.27. The molecule has 1 saturated heterocycles. The molecule has 0 aliphatic carbocycles. The Labute approximate surface area is 155 Å². The van der Waals surface area contributed by atoms with Gasteiger partial charge in [-0.25, -0.2) is 0 Å². The molecule has 6 heteroatoms. The molecule has 0 unspecified atom stereocenters. The van der Waals surface area contributed by atoms with E-state index in [0.717, 1.165) is 5.92 Å². The van der Waals surface area contributed by atoms with Crippen molar-refractivity contribution in [2.75, 3.05) is 40.3 Å². The lowest BCUT2D eigenvalue weighted by atomic mass is 10.0. The van der Waals surface area contributed by atoms with Crippen molar-refractivity contribution in [3.63, 3.8) is 0 Å². The first-order chi connectivity index (χ1) is 11.7. The van der Waals surface area contributed by atoms with Crippen LogP contribution < -0.4 is 5.32 Å². The first-order valence-electron chi connectivity index (χ1n) is 9.39. The van der Waals surface area contributed by atoms with Crippen molar-refractivity contribution < 1.29 is 14.7 Å². The van der Waals surface area contributed by atoms with Gasteiger partial charge < -0.3 is 20.2 Å². The molecular weight excluding hydrogens is 318 g/mol. The highest BCUT2D eigenvalue weighted by molar-refractivity contribution is 5.80. The van der Waals surface area contributed by atoms with Crippen LogP contribution in [0.25, 0.3) is 0 Å². The zero-order chi connectivity index (χ0) is 19.8. The molecule has 2 N–H and O–H groups in total. The van der Waals surface area contributed by atoms with Crippen LogP contribution in [0.15, 0.2) is 0 Å². The number of hydrogen-bond donors (Lipinski definition) is 2. The quantitative estimate of drug-likeness (QED) is 0.711. The van der Waals surface area contributed by atoms with Gasteiger partial charge in [0.15, 0.2) is 0 Å². The highest BCUT2D eigenvalue weighted by atomic mass is 16.3. The molecule has 1 heterocycles. The number of carbonyl (C=O) groups is 2. The van der Waals surface area contributed by atoms with Gasteiger partial charge in [0.1, 0.15) is 0 Å². The monoisotopic (exact) mass is 359 g/mol. The third-order valence-electron chi connectivity index (χ3n) is 3.76. The molecule has 0 radical (unpaired) electrons. The van der Waals surface area contributed by atoms with Gasteiger partial charge in [0.25, 0.3) is 0 Å². The van der Waals surface area contributed by atoms with Gasteiger partial charge in [-0.1, -0.05) is 41.0 Å². The van der Waals surface area contributed by atoms with Gasteiger partial charge in [-0.05, 0) is 44.8 Å². The average molecular weight is 360 g/mol. The lowest BCUT2D eigenvalue weighted by molar-refractivity contribution is -0.133. The second-order valence-corrected chi connectivity index (χ2v) is 7.59. The molecule has 0 aromatic carbocycles. The van der Waals surface area contributed by atoms with E-state index in [9.17, 15) is 9.59 Å². The lowest BCUT2D eigenvalue weighted by Crippen LogP contribution is -2.46. The summed E-state index contributed by atoms with van der Waals surface area (Å²) in [6.45, 7) is 12.9. The number of nitrogens with zero attached hydrogens (tertiary/aromatic N) is 2. The van der Waals surface area contributed by atoms with Gasteiger partial charge in [-0.15, -0.1) is 0 Å². The Kier molecular flexibility index (Phi) is 17.0. The maximum absolute atomic E-state index is 11.4. The van der Waals surface area contributed by atoms with E-state index in [4.69, 9.17) is 5.11 Å². The van der Waals surface area contributed by atoms with Crippen molar-refractivity contribution in [2.45, 2.75) is 59.9 Å². The molecule has 0 bridgehead atoms. The molecule has 1 atom stereocenters. The molecule has 25 heavy (non-hydrogen) atoms. The number of hydrogen-bond acceptors (Lipinski definition) is 4. The summed E-state index contributed by atoms with van der Waals surface area (Å²) in [6, 6.07) is -0.198. The van der Waals surface area contributed by atoms with Gasteiger partial charge in [-0.2, -0.15) is 0 Å². The Morgan fingerprint density at radius 3 is 1.92 bits per heavy atom. The Balaban J connectivity index is 0. The van der Waals surface area contributed by atoms with Crippen LogP contribution in [0, 0.1) is 11.8 Å². The van der Waals surface area contributed by atoms with E-state index in [0.29, 0.717) is 6.41 Å². The highest BCUT2D eigenvalue weighted by Crippen LogP contribution is 2.08. The van der Waals surface area contributed by atoms with Gasteiger partial charge in [0, 0.05) is 7.05 Å². The molecule has 2 amide bonds. The molecule has 1 fully saturated rings. The van der Waals surface area contributed by atoms with E-state index < -0.39 is 0 Å². The van der Waals surface area contributed by atoms with E-state index >= 15 is 0 Å². The zero-order valence-electron chi connectivity index (χ0n) is 17.4. The van der Waals surface area contributed by atoms with Crippen molar-refractivity contribution in [1.82, 2.24) is 15.1 Å². The van der Waals surface area contributed by atoms with Gasteiger partial charge >= 0.3 is 0 Å². The molecule has 1 aliphatic heterocycles. The summed E-state index contributed by atoms with van der Waals surface area (Å²) in [6.07, 6.45) is 4.76. The van der Waals surface area contributed by atoms with E-state index in [1.165, 1.54) is 37.3 Å². The number of aliphatic hydroxyl groups is 1. The van der Waals surface area contributed by atoms with Crippen LogP contribution in [0.2, 0.25) is 0 Å². The van der Waals surface area contributed by atoms with Crippen LogP contribution in [0.1, 0.15) is 53.9 Å². The van der Waals surface area contributed by atoms with Crippen molar-refractivity contribution in [2.24, 2.45) is 11.8 Å². The number of rotatable bonds is 6. The summed E-state index contributed by atoms with van der Waals surface area (Å²) in [5, 5.41) is 11.4. The summed E-state index contributed by atoms with van der Waals surface area (Å²) < 4.78 is 0. The van der Waals surface area contributed by atoms with E-state index in [1.54, 1.807) is 7.05 Å². The topological polar surface area (TPSA) is 72.9 Å². The molecule has 0 aromatic heterocycles. The molecular formula is C19H41N3O3. The summed E-state index contributed by atoms with van der Waals surface area (Å²) in [7, 11) is 3.81. The SMILES string of the molecule is CC(C)C.CC(C)[C@@H](CO)N(C)C(=O)CNC=O.CN1CCCCC1. The molecule has 0 saturated carbocycles. The number of likely N-dealkylation sites (tertiary alicyclic amines) is 1. The Morgan fingerprint density at radius 1 is 1.16 bits per heavy atom. The lowest BCUT2D eigenvalue weighted by Gasteiger charge is -2.29. The molecule has 6 nitrogen and oxygen atoms in total. The predicted molar refractivity (Wildman–Crippen MR) is 104 cm³/mol. The van der Waals surface area contributed by atoms with Gasteiger partial charge in [0.05, 0.1) is 19.2 Å². The van der Waals surface area contributed by atoms with Crippen LogP contribution in [0.3, 0.4) is 0 Å². The van der Waals surface area contributed by atoms with Gasteiger partial charge in [0.2, 0.25) is 12.3 Å². The molecule has 0 aromatic rings. The largest absolute Gasteiger partial charge is 0.394 e. The van der Waals surface area contributed by atoms with Crippen LogP contribution in [-0.4, -0.2) is 73.6 Å². The van der Waals surface area contributed by atoms with E-state index in [1.807, 2.05) is 13.8 Å². The summed E-state index contributed by atoms with van der Waals surface area (Å²) in [5.74, 6) is 0.815. The zero-order valence-corrected chi connectivity index (χ0v) is 17.4. The molecule has 150 valence electrons. The van der Waals surface area contributed by atoms with Crippen molar-refractivity contribution >= 4 is 12.3 Å². The van der Waals surface area contributed by atoms with Gasteiger partial charge in [-0.3, -0.25) is 9.59 Å². The second-order valence-electron chi connectivity index (χ2n) is 7.59. The maximum Gasteiger partial charge on any atom is 0.242 e. The smallest absolute Gasteiger partial charge is 0.242 e. The minimum absolute atomic E-state index is 0.0246. The first-order valence-corrected chi connectivity index (χ1v) is 9.39. The Bertz CT molecular complexity index is 327. The van der Waals surface area contributed by atoms with Crippen LogP contribution in [0.5, 0.6) is 0 Å². The third kappa shape index (κ3) is 16.1. The molecule has 1 aliphatic rings. The van der Waals surface area contributed by atoms with Crippen LogP contribution in [0.4, 0.5) is 0 Å². The fourth-order valence-electron chi connectivity index (χ4n) is 2.27. The number of carbonyl (C=O) groups excluding carboxylic acids is 2. The molecule has 0 spiro atoms. The van der Waals surface area contributed by atoms with Crippen LogP contribution >= 0.6 is 0 Å². The van der Waals surface area contributed by atoms with Crippen molar-refractivity contribution in [1.29, 1.82) is 0 Å².